The van der Waals surface area contributed by atoms with Crippen molar-refractivity contribution >= 4 is 28.8 Å². The molecule has 6 rings (SSSR count). The number of alkyl halides is 3. The van der Waals surface area contributed by atoms with Gasteiger partial charge in [0.1, 0.15) is 18.0 Å². The van der Waals surface area contributed by atoms with Crippen LogP contribution in [-0.2, 0) is 57.7 Å². The molecule has 0 spiro atoms. The molecule has 0 fully saturated rings. The summed E-state index contributed by atoms with van der Waals surface area (Å²) in [4.78, 5) is 38.2. The number of para-hydroxylation sites is 1. The number of nitrogens with zero attached hydrogens (tertiary/aromatic N) is 5. The smallest absolute Gasteiger partial charge is 0.419 e. The molecule has 0 amide bonds. The molecule has 10 nitrogen and oxygen atoms in total. The summed E-state index contributed by atoms with van der Waals surface area (Å²) >= 11 is 0. The highest BCUT2D eigenvalue weighted by Crippen LogP contribution is 2.41. The second-order valence-electron chi connectivity index (χ2n) is 14.6. The molecule has 2 aromatic carbocycles. The van der Waals surface area contributed by atoms with Crippen LogP contribution in [0.15, 0.2) is 48.9 Å². The van der Waals surface area contributed by atoms with Crippen LogP contribution in [0.3, 0.4) is 0 Å². The Labute approximate surface area is 310 Å². The monoisotopic (exact) mass is 748 g/mol. The van der Waals surface area contributed by atoms with Crippen LogP contribution in [0.1, 0.15) is 87.9 Å². The van der Waals surface area contributed by atoms with E-state index in [0.717, 1.165) is 34.9 Å². The van der Waals surface area contributed by atoms with Crippen LogP contribution in [0, 0.1) is 11.7 Å². The summed E-state index contributed by atoms with van der Waals surface area (Å²) in [5, 5.41) is 5.63. The maximum absolute atomic E-state index is 16.9. The molecule has 0 bridgehead atoms. The normalized spacial score (nSPS) is 13.9. The van der Waals surface area contributed by atoms with E-state index in [1.807, 2.05) is 36.7 Å². The Bertz CT molecular complexity index is 2150. The van der Waals surface area contributed by atoms with E-state index in [4.69, 9.17) is 14.6 Å². The summed E-state index contributed by atoms with van der Waals surface area (Å²) < 4.78 is 69.6. The molecule has 0 saturated carbocycles. The van der Waals surface area contributed by atoms with Crippen molar-refractivity contribution in [2.75, 3.05) is 11.4 Å². The van der Waals surface area contributed by atoms with Gasteiger partial charge in [-0.05, 0) is 63.3 Å². The van der Waals surface area contributed by atoms with E-state index in [0.29, 0.717) is 53.5 Å². The molecule has 1 aliphatic rings. The van der Waals surface area contributed by atoms with E-state index in [2.05, 4.69) is 15.0 Å². The van der Waals surface area contributed by atoms with Crippen molar-refractivity contribution in [3.05, 3.63) is 88.3 Å². The van der Waals surface area contributed by atoms with Gasteiger partial charge in [-0.2, -0.15) is 18.3 Å². The average molecular weight is 749 g/mol. The van der Waals surface area contributed by atoms with Gasteiger partial charge in [-0.25, -0.2) is 19.0 Å². The molecule has 0 aliphatic carbocycles. The van der Waals surface area contributed by atoms with Crippen molar-refractivity contribution < 1.29 is 36.6 Å². The summed E-state index contributed by atoms with van der Waals surface area (Å²) in [6.07, 6.45) is 0.758. The highest BCUT2D eigenvalue weighted by Gasteiger charge is 2.34. The van der Waals surface area contributed by atoms with E-state index in [9.17, 15) is 22.8 Å². The SMILES string of the molecule is CCc1cccc(CC)c1-n1nc2c(c1-c1c(F)cc(COC(=O)[C@@H](C)CCC(=O)OC(C)(C)C)c3[nH]ccc13)CN(c1ncc(C(F)(F)F)cn1)CC2. The highest BCUT2D eigenvalue weighted by molar-refractivity contribution is 5.98. The minimum atomic E-state index is -4.57. The second kappa shape index (κ2) is 15.2. The zero-order valence-electron chi connectivity index (χ0n) is 31.2. The molecule has 1 N–H and O–H groups in total. The predicted molar refractivity (Wildman–Crippen MR) is 195 cm³/mol. The average Bonchev–Trinajstić information content (AvgIpc) is 3.76. The van der Waals surface area contributed by atoms with Gasteiger partial charge in [-0.1, -0.05) is 39.0 Å². The van der Waals surface area contributed by atoms with Gasteiger partial charge in [0.2, 0.25) is 5.95 Å². The lowest BCUT2D eigenvalue weighted by molar-refractivity contribution is -0.156. The van der Waals surface area contributed by atoms with Crippen LogP contribution in [0.2, 0.25) is 0 Å². The largest absolute Gasteiger partial charge is 0.461 e. The molecule has 0 saturated heterocycles. The van der Waals surface area contributed by atoms with Crippen LogP contribution in [-0.4, -0.2) is 48.8 Å². The molecule has 54 heavy (non-hydrogen) atoms. The minimum absolute atomic E-state index is 0.0546. The van der Waals surface area contributed by atoms with Crippen LogP contribution in [0.25, 0.3) is 27.8 Å². The zero-order chi connectivity index (χ0) is 38.9. The summed E-state index contributed by atoms with van der Waals surface area (Å²) in [7, 11) is 0. The van der Waals surface area contributed by atoms with E-state index in [-0.39, 0.29) is 37.5 Å². The molecule has 14 heteroatoms. The minimum Gasteiger partial charge on any atom is -0.461 e. The topological polar surface area (TPSA) is 115 Å². The van der Waals surface area contributed by atoms with Crippen molar-refractivity contribution in [3.8, 4) is 16.9 Å². The van der Waals surface area contributed by atoms with Crippen molar-refractivity contribution in [1.82, 2.24) is 24.7 Å². The third-order valence-electron chi connectivity index (χ3n) is 9.55. The number of halogens is 4. The first kappa shape index (κ1) is 38.5. The number of carbonyl (C=O) groups is 2. The Hall–Kier alpha value is -5.27. The van der Waals surface area contributed by atoms with E-state index in [1.54, 1.807) is 44.9 Å². The molecular formula is C40H44F4N6O4. The molecule has 1 aliphatic heterocycles. The molecular weight excluding hydrogens is 704 g/mol. The van der Waals surface area contributed by atoms with Crippen LogP contribution in [0.5, 0.6) is 0 Å². The number of H-pyrrole nitrogens is 1. The number of aryl methyl sites for hydroxylation is 2. The van der Waals surface area contributed by atoms with Crippen molar-refractivity contribution in [1.29, 1.82) is 0 Å². The summed E-state index contributed by atoms with van der Waals surface area (Å²) in [5.74, 6) is -1.96. The number of aromatic nitrogens is 5. The number of aromatic amines is 1. The Morgan fingerprint density at radius 3 is 2.33 bits per heavy atom. The number of anilines is 1. The summed E-state index contributed by atoms with van der Waals surface area (Å²) in [6, 6.07) is 9.15. The van der Waals surface area contributed by atoms with Crippen molar-refractivity contribution in [2.24, 2.45) is 5.92 Å². The fraction of sp³-hybridized carbons (Fsp3) is 0.425. The Morgan fingerprint density at radius 2 is 1.70 bits per heavy atom. The number of ether oxygens (including phenoxy) is 2. The number of benzene rings is 2. The Morgan fingerprint density at radius 1 is 1.02 bits per heavy atom. The van der Waals surface area contributed by atoms with E-state index >= 15 is 4.39 Å². The van der Waals surface area contributed by atoms with Gasteiger partial charge in [0.25, 0.3) is 0 Å². The van der Waals surface area contributed by atoms with E-state index < -0.39 is 41.0 Å². The third kappa shape index (κ3) is 7.97. The van der Waals surface area contributed by atoms with Gasteiger partial charge < -0.3 is 19.4 Å². The lowest BCUT2D eigenvalue weighted by Crippen LogP contribution is -2.31. The third-order valence-corrected chi connectivity index (χ3v) is 9.55. The fourth-order valence-corrected chi connectivity index (χ4v) is 6.84. The standard InChI is InChI=1S/C40H44F4N6O4/c1-7-24-10-9-11-25(8-2)35(24)50-36(29-21-49(17-15-31(29)48-50)38-46-19-27(20-47-38)40(42,43)44)33-28-14-16-45-34(28)26(18-30(33)41)22-53-37(52)23(3)12-13-32(51)54-39(4,5)6/h9-11,14,16,18-20,23,45H,7-8,12-13,15,17,21-22H2,1-6H3/t23-/m0/s1. The van der Waals surface area contributed by atoms with Gasteiger partial charge in [0.05, 0.1) is 34.1 Å². The molecule has 5 aromatic rings. The predicted octanol–water partition coefficient (Wildman–Crippen LogP) is 8.46. The van der Waals surface area contributed by atoms with E-state index in [1.165, 1.54) is 6.07 Å². The molecule has 1 atom stereocenters. The van der Waals surface area contributed by atoms with Gasteiger partial charge in [0, 0.05) is 66.6 Å². The fourth-order valence-electron chi connectivity index (χ4n) is 6.84. The molecule has 286 valence electrons. The first-order chi connectivity index (χ1) is 25.6. The van der Waals surface area contributed by atoms with Gasteiger partial charge in [-0.3, -0.25) is 9.59 Å². The lowest BCUT2D eigenvalue weighted by Gasteiger charge is -2.27. The zero-order valence-corrected chi connectivity index (χ0v) is 31.2. The molecule has 0 unspecified atom stereocenters. The van der Waals surface area contributed by atoms with Gasteiger partial charge >= 0.3 is 18.1 Å². The summed E-state index contributed by atoms with van der Waals surface area (Å²) in [6.45, 7) is 11.4. The number of hydrogen-bond donors (Lipinski definition) is 1. The number of fused-ring (bicyclic) bond motifs is 2. The lowest BCUT2D eigenvalue weighted by atomic mass is 9.95. The van der Waals surface area contributed by atoms with Gasteiger partial charge in [-0.15, -0.1) is 0 Å². The molecule has 4 heterocycles. The van der Waals surface area contributed by atoms with Crippen molar-refractivity contribution in [3.63, 3.8) is 0 Å². The first-order valence-corrected chi connectivity index (χ1v) is 18.1. The molecule has 3 aromatic heterocycles. The first-order valence-electron chi connectivity index (χ1n) is 18.1. The maximum atomic E-state index is 16.9. The Kier molecular flexibility index (Phi) is 10.8. The van der Waals surface area contributed by atoms with Crippen LogP contribution >= 0.6 is 0 Å². The van der Waals surface area contributed by atoms with Crippen molar-refractivity contribution in [2.45, 2.75) is 98.6 Å². The van der Waals surface area contributed by atoms with Crippen LogP contribution < -0.4 is 4.90 Å². The highest BCUT2D eigenvalue weighted by atomic mass is 19.4. The second-order valence-corrected chi connectivity index (χ2v) is 14.6. The Balaban J connectivity index is 1.38. The number of rotatable bonds is 11. The maximum Gasteiger partial charge on any atom is 0.419 e. The number of esters is 2. The number of hydrogen-bond acceptors (Lipinski definition) is 8. The quantitative estimate of drug-likeness (QED) is 0.106. The van der Waals surface area contributed by atoms with Crippen LogP contribution in [0.4, 0.5) is 23.5 Å². The summed E-state index contributed by atoms with van der Waals surface area (Å²) in [5.41, 5.74) is 4.55. The van der Waals surface area contributed by atoms with Gasteiger partial charge in [0.15, 0.2) is 0 Å². The number of nitrogens with one attached hydrogen (secondary N) is 1. The molecule has 0 radical (unpaired) electrons. The number of carbonyl (C=O) groups excluding carboxylic acids is 2.